The van der Waals surface area contributed by atoms with Crippen LogP contribution in [0.2, 0.25) is 0 Å². The first-order valence-corrected chi connectivity index (χ1v) is 7.24. The third-order valence-electron chi connectivity index (χ3n) is 2.66. The van der Waals surface area contributed by atoms with Gasteiger partial charge in [-0.05, 0) is 25.1 Å². The number of benzene rings is 1. The number of hydrogen-bond acceptors (Lipinski definition) is 5. The zero-order valence-corrected chi connectivity index (χ0v) is 12.2. The Hall–Kier alpha value is -1.64. The number of carboxylic acids is 1. The van der Waals surface area contributed by atoms with Crippen molar-refractivity contribution in [2.75, 3.05) is 20.8 Å². The van der Waals surface area contributed by atoms with Crippen molar-refractivity contribution in [2.24, 2.45) is 0 Å². The summed E-state index contributed by atoms with van der Waals surface area (Å²) in [6, 6.07) is 3.57. The zero-order valence-electron chi connectivity index (χ0n) is 11.4. The lowest BCUT2D eigenvalue weighted by Gasteiger charge is -2.13. The Morgan fingerprint density at radius 1 is 1.40 bits per heavy atom. The van der Waals surface area contributed by atoms with Crippen LogP contribution < -0.4 is 9.46 Å². The lowest BCUT2D eigenvalue weighted by Crippen LogP contribution is -2.31. The van der Waals surface area contributed by atoms with E-state index in [2.05, 4.69) is 4.72 Å². The number of rotatable bonds is 7. The summed E-state index contributed by atoms with van der Waals surface area (Å²) in [7, 11) is -1.05. The zero-order chi connectivity index (χ0) is 15.3. The maximum atomic E-state index is 12.1. The fraction of sp³-hybridized carbons (Fsp3) is 0.417. The van der Waals surface area contributed by atoms with E-state index in [1.807, 2.05) is 0 Å². The molecule has 2 N–H and O–H groups in total. The molecule has 0 aromatic heterocycles. The van der Waals surface area contributed by atoms with E-state index < -0.39 is 16.0 Å². The van der Waals surface area contributed by atoms with E-state index in [0.717, 1.165) is 6.07 Å². The predicted molar refractivity (Wildman–Crippen MR) is 71.6 cm³/mol. The van der Waals surface area contributed by atoms with Crippen molar-refractivity contribution >= 4 is 16.0 Å². The van der Waals surface area contributed by atoms with Gasteiger partial charge in [0.15, 0.2) is 0 Å². The highest BCUT2D eigenvalue weighted by atomic mass is 32.2. The lowest BCUT2D eigenvalue weighted by molar-refractivity contribution is 0.0696. The standard InChI is InChI=1S/C12H17NO6S/c1-8(18-2)7-13-20(16,17)11-5-4-9(12(14)15)6-10(11)19-3/h4-6,8,13H,7H2,1-3H3,(H,14,15). The second kappa shape index (κ2) is 6.69. The number of aromatic carboxylic acids is 1. The fourth-order valence-electron chi connectivity index (χ4n) is 1.41. The Bertz CT molecular complexity index is 584. The summed E-state index contributed by atoms with van der Waals surface area (Å²) < 4.78 is 36.5. The smallest absolute Gasteiger partial charge is 0.335 e. The van der Waals surface area contributed by atoms with E-state index in [1.165, 1.54) is 26.4 Å². The topological polar surface area (TPSA) is 102 Å². The maximum absolute atomic E-state index is 12.1. The molecule has 1 unspecified atom stereocenters. The molecule has 0 aliphatic heterocycles. The molecule has 0 amide bonds. The van der Waals surface area contributed by atoms with E-state index >= 15 is 0 Å². The van der Waals surface area contributed by atoms with Crippen molar-refractivity contribution < 1.29 is 27.8 Å². The van der Waals surface area contributed by atoms with Gasteiger partial charge in [-0.15, -0.1) is 0 Å². The fourth-order valence-corrected chi connectivity index (χ4v) is 2.67. The summed E-state index contributed by atoms with van der Waals surface area (Å²) in [4.78, 5) is 10.7. The van der Waals surface area contributed by atoms with Gasteiger partial charge >= 0.3 is 5.97 Å². The number of carbonyl (C=O) groups is 1. The lowest BCUT2D eigenvalue weighted by atomic mass is 10.2. The molecule has 0 saturated carbocycles. The van der Waals surface area contributed by atoms with Crippen LogP contribution in [0.1, 0.15) is 17.3 Å². The molecule has 1 rings (SSSR count). The van der Waals surface area contributed by atoms with Crippen LogP contribution in [0.3, 0.4) is 0 Å². The number of hydrogen-bond donors (Lipinski definition) is 2. The largest absolute Gasteiger partial charge is 0.495 e. The second-order valence-corrected chi connectivity index (χ2v) is 5.80. The molecule has 7 nitrogen and oxygen atoms in total. The Labute approximate surface area is 117 Å². The molecule has 1 atom stereocenters. The maximum Gasteiger partial charge on any atom is 0.335 e. The Morgan fingerprint density at radius 2 is 2.05 bits per heavy atom. The van der Waals surface area contributed by atoms with Crippen molar-refractivity contribution in [1.29, 1.82) is 0 Å². The van der Waals surface area contributed by atoms with Gasteiger partial charge in [0, 0.05) is 13.7 Å². The summed E-state index contributed by atoms with van der Waals surface area (Å²) in [5, 5.41) is 8.87. The molecule has 0 spiro atoms. The van der Waals surface area contributed by atoms with Gasteiger partial charge in [-0.2, -0.15) is 0 Å². The first-order chi connectivity index (χ1) is 9.31. The van der Waals surface area contributed by atoms with Crippen molar-refractivity contribution in [3.05, 3.63) is 23.8 Å². The van der Waals surface area contributed by atoms with Gasteiger partial charge in [0.25, 0.3) is 0 Å². The highest BCUT2D eigenvalue weighted by molar-refractivity contribution is 7.89. The Kier molecular flexibility index (Phi) is 5.49. The molecule has 1 aromatic carbocycles. The third-order valence-corrected chi connectivity index (χ3v) is 4.13. The van der Waals surface area contributed by atoms with Gasteiger partial charge in [-0.25, -0.2) is 17.9 Å². The molecule has 8 heteroatoms. The third kappa shape index (κ3) is 3.92. The first kappa shape index (κ1) is 16.4. The molecular weight excluding hydrogens is 286 g/mol. The first-order valence-electron chi connectivity index (χ1n) is 5.75. The summed E-state index contributed by atoms with van der Waals surface area (Å²) in [6.07, 6.45) is -0.283. The number of carboxylic acid groups (broad SMARTS) is 1. The average molecular weight is 303 g/mol. The molecule has 0 heterocycles. The second-order valence-electron chi connectivity index (χ2n) is 4.07. The van der Waals surface area contributed by atoms with Crippen molar-refractivity contribution in [1.82, 2.24) is 4.72 Å². The van der Waals surface area contributed by atoms with Gasteiger partial charge < -0.3 is 14.6 Å². The van der Waals surface area contributed by atoms with E-state index in [4.69, 9.17) is 14.6 Å². The van der Waals surface area contributed by atoms with Crippen LogP contribution in [-0.4, -0.2) is 46.4 Å². The number of methoxy groups -OCH3 is 2. The van der Waals surface area contributed by atoms with Crippen LogP contribution in [0, 0.1) is 0 Å². The Morgan fingerprint density at radius 3 is 2.55 bits per heavy atom. The van der Waals surface area contributed by atoms with Crippen molar-refractivity contribution in [3.8, 4) is 5.75 Å². The molecule has 0 bridgehead atoms. The van der Waals surface area contributed by atoms with Gasteiger partial charge in [-0.3, -0.25) is 0 Å². The SMILES string of the molecule is COc1cc(C(=O)O)ccc1S(=O)(=O)NCC(C)OC. The van der Waals surface area contributed by atoms with Gasteiger partial charge in [0.05, 0.1) is 18.8 Å². The van der Waals surface area contributed by atoms with Gasteiger partial charge in [0.2, 0.25) is 10.0 Å². The van der Waals surface area contributed by atoms with Crippen LogP contribution in [0.25, 0.3) is 0 Å². The minimum absolute atomic E-state index is 0.0255. The average Bonchev–Trinajstić information content (AvgIpc) is 2.43. The molecule has 0 radical (unpaired) electrons. The van der Waals surface area contributed by atoms with E-state index in [0.29, 0.717) is 0 Å². The van der Waals surface area contributed by atoms with Crippen LogP contribution >= 0.6 is 0 Å². The van der Waals surface area contributed by atoms with Crippen LogP contribution in [0.15, 0.2) is 23.1 Å². The van der Waals surface area contributed by atoms with Crippen molar-refractivity contribution in [3.63, 3.8) is 0 Å². The molecule has 1 aromatic rings. The van der Waals surface area contributed by atoms with E-state index in [1.54, 1.807) is 6.92 Å². The Balaban J connectivity index is 3.08. The van der Waals surface area contributed by atoms with Crippen LogP contribution in [0.4, 0.5) is 0 Å². The molecule has 0 fully saturated rings. The molecule has 0 aliphatic rings. The molecule has 20 heavy (non-hydrogen) atoms. The summed E-state index contributed by atoms with van der Waals surface area (Å²) >= 11 is 0. The number of ether oxygens (including phenoxy) is 2. The molecule has 0 aliphatic carbocycles. The van der Waals surface area contributed by atoms with Gasteiger partial charge in [-0.1, -0.05) is 0 Å². The summed E-state index contributed by atoms with van der Waals surface area (Å²) in [5.74, 6) is -1.18. The number of sulfonamides is 1. The molecular formula is C12H17NO6S. The molecule has 112 valence electrons. The van der Waals surface area contributed by atoms with Crippen LogP contribution in [-0.2, 0) is 14.8 Å². The molecule has 0 saturated heterocycles. The highest BCUT2D eigenvalue weighted by Gasteiger charge is 2.21. The highest BCUT2D eigenvalue weighted by Crippen LogP contribution is 2.24. The summed E-state index contributed by atoms with van der Waals surface area (Å²) in [6.45, 7) is 1.82. The van der Waals surface area contributed by atoms with E-state index in [-0.39, 0.29) is 28.9 Å². The van der Waals surface area contributed by atoms with Gasteiger partial charge in [0.1, 0.15) is 10.6 Å². The quantitative estimate of drug-likeness (QED) is 0.769. The normalized spacial score (nSPS) is 12.9. The van der Waals surface area contributed by atoms with Crippen LogP contribution in [0.5, 0.6) is 5.75 Å². The van der Waals surface area contributed by atoms with Crippen molar-refractivity contribution in [2.45, 2.75) is 17.9 Å². The monoisotopic (exact) mass is 303 g/mol. The van der Waals surface area contributed by atoms with E-state index in [9.17, 15) is 13.2 Å². The minimum atomic E-state index is -3.80. The number of nitrogens with one attached hydrogen (secondary N) is 1. The summed E-state index contributed by atoms with van der Waals surface area (Å²) in [5.41, 5.74) is -0.0499. The predicted octanol–water partition coefficient (Wildman–Crippen LogP) is 0.707. The minimum Gasteiger partial charge on any atom is -0.495 e.